The minimum atomic E-state index is 0.754. The van der Waals surface area contributed by atoms with E-state index in [1.807, 2.05) is 17.7 Å². The summed E-state index contributed by atoms with van der Waals surface area (Å²) in [6.07, 6.45) is 3.59. The van der Waals surface area contributed by atoms with Gasteiger partial charge in [-0.05, 0) is 22.9 Å². The van der Waals surface area contributed by atoms with Crippen molar-refractivity contribution in [2.24, 2.45) is 0 Å². The Hall–Kier alpha value is -1.34. The molecule has 0 bridgehead atoms. The molecule has 2 aromatic rings. The van der Waals surface area contributed by atoms with Crippen molar-refractivity contribution in [1.82, 2.24) is 19.5 Å². The van der Waals surface area contributed by atoms with Crippen LogP contribution in [0.15, 0.2) is 17.1 Å². The van der Waals surface area contributed by atoms with Gasteiger partial charge in [-0.2, -0.15) is 0 Å². The zero-order valence-electron chi connectivity index (χ0n) is 10.1. The number of rotatable bonds is 2. The molecule has 1 aliphatic rings. The number of aryl methyl sites for hydroxylation is 1. The molecule has 18 heavy (non-hydrogen) atoms. The third-order valence-electron chi connectivity index (χ3n) is 3.00. The first-order valence-electron chi connectivity index (χ1n) is 5.83. The summed E-state index contributed by atoms with van der Waals surface area (Å²) in [6, 6.07) is 0. The average Bonchev–Trinajstić information content (AvgIpc) is 3.00. The highest BCUT2D eigenvalue weighted by molar-refractivity contribution is 9.10. The first-order chi connectivity index (χ1) is 8.75. The monoisotopic (exact) mass is 311 g/mol. The predicted octanol–water partition coefficient (Wildman–Crippen LogP) is 1.50. The fraction of sp³-hybridized carbons (Fsp3) is 0.455. The Kier molecular flexibility index (Phi) is 3.09. The predicted molar refractivity (Wildman–Crippen MR) is 71.2 cm³/mol. The van der Waals surface area contributed by atoms with Crippen LogP contribution < -0.4 is 4.90 Å². The highest BCUT2D eigenvalue weighted by atomic mass is 79.9. The third kappa shape index (κ3) is 2.04. The van der Waals surface area contributed by atoms with Gasteiger partial charge in [0.1, 0.15) is 16.7 Å². The van der Waals surface area contributed by atoms with Crippen LogP contribution >= 0.6 is 15.9 Å². The zero-order chi connectivity index (χ0) is 12.5. The van der Waals surface area contributed by atoms with Gasteiger partial charge in [-0.1, -0.05) is 0 Å². The van der Waals surface area contributed by atoms with E-state index in [0.717, 1.165) is 48.4 Å². The standard InChI is InChI=1S/C11H14BrN5O/c1-8-10(12)17(7-14-8)9-6-13-11(15-9)16-2-4-18-5-3-16/h6-7H,2-5H2,1H3,(H,13,15). The van der Waals surface area contributed by atoms with Gasteiger partial charge in [0.25, 0.3) is 0 Å². The molecule has 0 unspecified atom stereocenters. The molecule has 0 saturated carbocycles. The molecule has 1 fully saturated rings. The number of morpholine rings is 1. The van der Waals surface area contributed by atoms with Gasteiger partial charge in [0.15, 0.2) is 0 Å². The molecule has 2 aromatic heterocycles. The number of aromatic nitrogens is 4. The number of imidazole rings is 2. The number of hydrogen-bond donors (Lipinski definition) is 1. The van der Waals surface area contributed by atoms with Gasteiger partial charge < -0.3 is 14.6 Å². The van der Waals surface area contributed by atoms with Crippen molar-refractivity contribution in [2.75, 3.05) is 31.2 Å². The molecule has 0 aliphatic carbocycles. The van der Waals surface area contributed by atoms with Crippen LogP contribution in [0.25, 0.3) is 5.82 Å². The molecule has 0 aromatic carbocycles. The van der Waals surface area contributed by atoms with Gasteiger partial charge >= 0.3 is 0 Å². The molecule has 0 amide bonds. The summed E-state index contributed by atoms with van der Waals surface area (Å²) in [5.74, 6) is 1.79. The van der Waals surface area contributed by atoms with Gasteiger partial charge in [0.2, 0.25) is 5.95 Å². The highest BCUT2D eigenvalue weighted by Gasteiger charge is 2.15. The quantitative estimate of drug-likeness (QED) is 0.913. The molecule has 0 spiro atoms. The Morgan fingerprint density at radius 2 is 2.11 bits per heavy atom. The molecule has 1 saturated heterocycles. The van der Waals surface area contributed by atoms with E-state index in [2.05, 4.69) is 35.8 Å². The fourth-order valence-electron chi connectivity index (χ4n) is 1.95. The average molecular weight is 312 g/mol. The van der Waals surface area contributed by atoms with Crippen molar-refractivity contribution in [3.05, 3.63) is 22.8 Å². The van der Waals surface area contributed by atoms with Crippen LogP contribution in [0.5, 0.6) is 0 Å². The summed E-state index contributed by atoms with van der Waals surface area (Å²) in [5, 5.41) is 0. The smallest absolute Gasteiger partial charge is 0.204 e. The lowest BCUT2D eigenvalue weighted by atomic mass is 10.4. The molecule has 1 aliphatic heterocycles. The Labute approximate surface area is 113 Å². The normalized spacial score (nSPS) is 16.2. The Balaban J connectivity index is 1.87. The maximum atomic E-state index is 5.33. The van der Waals surface area contributed by atoms with Crippen LogP contribution in [0.4, 0.5) is 5.95 Å². The third-order valence-corrected chi connectivity index (χ3v) is 3.95. The number of hydrogen-bond acceptors (Lipinski definition) is 4. The van der Waals surface area contributed by atoms with Crippen molar-refractivity contribution in [3.8, 4) is 5.82 Å². The van der Waals surface area contributed by atoms with Crippen molar-refractivity contribution < 1.29 is 4.74 Å². The van der Waals surface area contributed by atoms with E-state index >= 15 is 0 Å². The minimum absolute atomic E-state index is 0.754. The molecule has 7 heteroatoms. The number of aromatic amines is 1. The molecule has 3 heterocycles. The molecular weight excluding hydrogens is 298 g/mol. The topological polar surface area (TPSA) is 59.0 Å². The van der Waals surface area contributed by atoms with Gasteiger partial charge in [-0.15, -0.1) is 0 Å². The lowest BCUT2D eigenvalue weighted by Gasteiger charge is -2.26. The maximum Gasteiger partial charge on any atom is 0.204 e. The minimum Gasteiger partial charge on any atom is -0.378 e. The number of anilines is 1. The van der Waals surface area contributed by atoms with Crippen LogP contribution in [-0.4, -0.2) is 45.8 Å². The van der Waals surface area contributed by atoms with Crippen molar-refractivity contribution >= 4 is 21.9 Å². The summed E-state index contributed by atoms with van der Waals surface area (Å²) < 4.78 is 8.21. The second-order valence-electron chi connectivity index (χ2n) is 4.18. The summed E-state index contributed by atoms with van der Waals surface area (Å²) >= 11 is 3.51. The highest BCUT2D eigenvalue weighted by Crippen LogP contribution is 2.20. The molecule has 1 N–H and O–H groups in total. The van der Waals surface area contributed by atoms with Crippen molar-refractivity contribution in [3.63, 3.8) is 0 Å². The van der Waals surface area contributed by atoms with E-state index in [0.29, 0.717) is 0 Å². The van der Waals surface area contributed by atoms with Crippen LogP contribution in [0.1, 0.15) is 5.69 Å². The second-order valence-corrected chi connectivity index (χ2v) is 4.93. The van der Waals surface area contributed by atoms with Crippen LogP contribution in [-0.2, 0) is 4.74 Å². The van der Waals surface area contributed by atoms with Crippen LogP contribution in [0, 0.1) is 6.92 Å². The lowest BCUT2D eigenvalue weighted by Crippen LogP contribution is -2.36. The first kappa shape index (κ1) is 11.7. The van der Waals surface area contributed by atoms with E-state index in [9.17, 15) is 0 Å². The summed E-state index contributed by atoms with van der Waals surface area (Å²) in [7, 11) is 0. The lowest BCUT2D eigenvalue weighted by molar-refractivity contribution is 0.122. The molecule has 6 nitrogen and oxygen atoms in total. The fourth-order valence-corrected chi connectivity index (χ4v) is 2.34. The molecule has 3 rings (SSSR count). The molecule has 0 atom stereocenters. The maximum absolute atomic E-state index is 5.33. The second kappa shape index (κ2) is 4.74. The summed E-state index contributed by atoms with van der Waals surface area (Å²) in [5.41, 5.74) is 0.956. The largest absolute Gasteiger partial charge is 0.378 e. The molecule has 96 valence electrons. The Bertz CT molecular complexity index is 543. The zero-order valence-corrected chi connectivity index (χ0v) is 11.6. The van der Waals surface area contributed by atoms with E-state index < -0.39 is 0 Å². The van der Waals surface area contributed by atoms with E-state index in [-0.39, 0.29) is 0 Å². The number of H-pyrrole nitrogens is 1. The number of ether oxygens (including phenoxy) is 1. The number of nitrogens with one attached hydrogen (secondary N) is 1. The molecule has 0 radical (unpaired) electrons. The van der Waals surface area contributed by atoms with Crippen LogP contribution in [0.2, 0.25) is 0 Å². The number of halogens is 1. The van der Waals surface area contributed by atoms with Gasteiger partial charge in [0.05, 0.1) is 25.1 Å². The first-order valence-corrected chi connectivity index (χ1v) is 6.62. The van der Waals surface area contributed by atoms with Crippen LogP contribution in [0.3, 0.4) is 0 Å². The Morgan fingerprint density at radius 3 is 2.78 bits per heavy atom. The Morgan fingerprint density at radius 1 is 1.33 bits per heavy atom. The van der Waals surface area contributed by atoms with Gasteiger partial charge in [-0.25, -0.2) is 9.97 Å². The SMILES string of the molecule is Cc1ncn(-c2cnc(N3CCOCC3)[nH]2)c1Br. The number of nitrogens with zero attached hydrogens (tertiary/aromatic N) is 4. The van der Waals surface area contributed by atoms with E-state index in [1.165, 1.54) is 0 Å². The van der Waals surface area contributed by atoms with Crippen molar-refractivity contribution in [1.29, 1.82) is 0 Å². The summed E-state index contributed by atoms with van der Waals surface area (Å²) in [6.45, 7) is 5.21. The summed E-state index contributed by atoms with van der Waals surface area (Å²) in [4.78, 5) is 14.2. The van der Waals surface area contributed by atoms with E-state index in [1.54, 1.807) is 6.33 Å². The van der Waals surface area contributed by atoms with Gasteiger partial charge in [-0.3, -0.25) is 4.57 Å². The van der Waals surface area contributed by atoms with E-state index in [4.69, 9.17) is 4.74 Å². The van der Waals surface area contributed by atoms with Crippen molar-refractivity contribution in [2.45, 2.75) is 6.92 Å². The van der Waals surface area contributed by atoms with Gasteiger partial charge in [0, 0.05) is 13.1 Å². The molecular formula is C11H14BrN5O.